The molecule has 5 rings (SSSR count). The number of carbonyl (C=O) groups excluding carboxylic acids is 1. The lowest BCUT2D eigenvalue weighted by Crippen LogP contribution is -2.42. The minimum absolute atomic E-state index is 0. The molecule has 36 heavy (non-hydrogen) atoms. The number of amides is 1. The average molecular weight is 507 g/mol. The number of nitrogens with zero attached hydrogens (tertiary/aromatic N) is 1. The zero-order chi connectivity index (χ0) is 24.2. The minimum atomic E-state index is -1.04. The van der Waals surface area contributed by atoms with Gasteiger partial charge in [0, 0.05) is 19.0 Å². The molecule has 1 unspecified atom stereocenters. The van der Waals surface area contributed by atoms with Crippen LogP contribution in [0.4, 0.5) is 4.79 Å². The Morgan fingerprint density at radius 2 is 1.56 bits per heavy atom. The van der Waals surface area contributed by atoms with Crippen LogP contribution in [0.2, 0.25) is 0 Å². The van der Waals surface area contributed by atoms with Crippen LogP contribution < -0.4 is 5.32 Å². The fourth-order valence-electron chi connectivity index (χ4n) is 5.30. The number of nitrogens with one attached hydrogen (secondary N) is 1. The van der Waals surface area contributed by atoms with Crippen LogP contribution in [0.25, 0.3) is 11.1 Å². The van der Waals surface area contributed by atoms with Crippen LogP contribution in [0.1, 0.15) is 41.0 Å². The molecule has 1 atom stereocenters. The van der Waals surface area contributed by atoms with E-state index in [0.29, 0.717) is 12.8 Å². The Morgan fingerprint density at radius 3 is 2.22 bits per heavy atom. The van der Waals surface area contributed by atoms with Gasteiger partial charge in [-0.1, -0.05) is 72.8 Å². The Morgan fingerprint density at radius 1 is 0.944 bits per heavy atom. The van der Waals surface area contributed by atoms with Gasteiger partial charge in [0.05, 0.1) is 0 Å². The highest BCUT2D eigenvalue weighted by Crippen LogP contribution is 2.44. The molecule has 188 valence electrons. The number of hydrogen-bond acceptors (Lipinski definition) is 4. The molecule has 0 saturated heterocycles. The maximum Gasteiger partial charge on any atom is 0.407 e. The van der Waals surface area contributed by atoms with E-state index in [2.05, 4.69) is 58.7 Å². The summed E-state index contributed by atoms with van der Waals surface area (Å²) in [5, 5.41) is 12.2. The quantitative estimate of drug-likeness (QED) is 0.437. The van der Waals surface area contributed by atoms with E-state index in [0.717, 1.165) is 48.3 Å². The highest BCUT2D eigenvalue weighted by atomic mass is 35.5. The Hall–Kier alpha value is -3.35. The predicted molar refractivity (Wildman–Crippen MR) is 142 cm³/mol. The summed E-state index contributed by atoms with van der Waals surface area (Å²) in [5.74, 6) is -1.10. The third-order valence-corrected chi connectivity index (χ3v) is 7.11. The molecule has 1 aliphatic heterocycles. The number of carbonyl (C=O) groups is 2. The van der Waals surface area contributed by atoms with Gasteiger partial charge in [0.15, 0.2) is 0 Å². The molecule has 1 amide bonds. The lowest BCUT2D eigenvalue weighted by molar-refractivity contribution is -0.139. The SMILES string of the molecule is Cl.O=C(NC(CCCN1CCc2ccccc2C1)C(=O)O)OCC1c2ccccc2-c2ccccc21. The fraction of sp³-hybridized carbons (Fsp3) is 0.310. The second-order valence-corrected chi connectivity index (χ2v) is 9.30. The fourth-order valence-corrected chi connectivity index (χ4v) is 5.30. The van der Waals surface area contributed by atoms with Crippen molar-refractivity contribution in [2.45, 2.75) is 37.8 Å². The van der Waals surface area contributed by atoms with Crippen molar-refractivity contribution in [3.63, 3.8) is 0 Å². The number of ether oxygens (including phenoxy) is 1. The van der Waals surface area contributed by atoms with E-state index in [1.54, 1.807) is 0 Å². The van der Waals surface area contributed by atoms with Crippen molar-refractivity contribution in [1.82, 2.24) is 10.2 Å². The van der Waals surface area contributed by atoms with Gasteiger partial charge in [-0.25, -0.2) is 9.59 Å². The standard InChI is InChI=1S/C29H30N2O4.ClH/c32-28(33)27(14-7-16-31-17-15-20-8-1-2-9-21(20)18-31)30-29(34)35-19-26-24-12-5-3-10-22(24)23-11-4-6-13-25(23)26;/h1-6,8-13,26-27H,7,14-19H2,(H,30,34)(H,32,33);1H. The van der Waals surface area contributed by atoms with Gasteiger partial charge in [0.2, 0.25) is 0 Å². The van der Waals surface area contributed by atoms with Crippen LogP contribution in [0.15, 0.2) is 72.8 Å². The van der Waals surface area contributed by atoms with Crippen molar-refractivity contribution < 1.29 is 19.4 Å². The van der Waals surface area contributed by atoms with Crippen LogP contribution >= 0.6 is 12.4 Å². The third-order valence-electron chi connectivity index (χ3n) is 7.11. The summed E-state index contributed by atoms with van der Waals surface area (Å²) in [5.41, 5.74) is 7.29. The first-order valence-corrected chi connectivity index (χ1v) is 12.2. The van der Waals surface area contributed by atoms with E-state index in [4.69, 9.17) is 4.74 Å². The number of benzene rings is 3. The molecule has 0 saturated carbocycles. The van der Waals surface area contributed by atoms with E-state index in [1.165, 1.54) is 11.1 Å². The van der Waals surface area contributed by atoms with E-state index < -0.39 is 18.1 Å². The second-order valence-electron chi connectivity index (χ2n) is 9.30. The topological polar surface area (TPSA) is 78.9 Å². The van der Waals surface area contributed by atoms with Crippen LogP contribution in [-0.4, -0.2) is 47.8 Å². The zero-order valence-electron chi connectivity index (χ0n) is 20.1. The van der Waals surface area contributed by atoms with Gasteiger partial charge in [-0.15, -0.1) is 12.4 Å². The van der Waals surface area contributed by atoms with Gasteiger partial charge >= 0.3 is 12.1 Å². The minimum Gasteiger partial charge on any atom is -0.480 e. The molecule has 1 heterocycles. The van der Waals surface area contributed by atoms with E-state index in [-0.39, 0.29) is 24.9 Å². The third kappa shape index (κ3) is 5.55. The Bertz CT molecular complexity index is 1190. The van der Waals surface area contributed by atoms with Crippen molar-refractivity contribution >= 4 is 24.5 Å². The number of hydrogen-bond donors (Lipinski definition) is 2. The number of aliphatic carboxylic acids is 1. The number of halogens is 1. The van der Waals surface area contributed by atoms with Crippen molar-refractivity contribution in [3.8, 4) is 11.1 Å². The monoisotopic (exact) mass is 506 g/mol. The van der Waals surface area contributed by atoms with Crippen LogP contribution in [0, 0.1) is 0 Å². The van der Waals surface area contributed by atoms with Crippen molar-refractivity contribution in [1.29, 1.82) is 0 Å². The summed E-state index contributed by atoms with van der Waals surface area (Å²) in [4.78, 5) is 26.7. The molecule has 6 nitrogen and oxygen atoms in total. The molecule has 3 aromatic rings. The first-order chi connectivity index (χ1) is 17.1. The predicted octanol–water partition coefficient (Wildman–Crippen LogP) is 5.24. The van der Waals surface area contributed by atoms with Crippen LogP contribution in [0.3, 0.4) is 0 Å². The number of fused-ring (bicyclic) bond motifs is 4. The highest BCUT2D eigenvalue weighted by molar-refractivity contribution is 5.85. The summed E-state index contributed by atoms with van der Waals surface area (Å²) in [6.45, 7) is 2.81. The van der Waals surface area contributed by atoms with Gasteiger partial charge in [-0.05, 0) is 59.2 Å². The maximum absolute atomic E-state index is 12.5. The Kier molecular flexibility index (Phi) is 8.28. The lowest BCUT2D eigenvalue weighted by atomic mass is 9.98. The van der Waals surface area contributed by atoms with Crippen molar-refractivity contribution in [3.05, 3.63) is 95.1 Å². The summed E-state index contributed by atoms with van der Waals surface area (Å²) in [6.07, 6.45) is 1.36. The molecular weight excluding hydrogens is 476 g/mol. The molecule has 0 aromatic heterocycles. The normalized spacial score (nSPS) is 15.1. The van der Waals surface area contributed by atoms with E-state index in [9.17, 15) is 14.7 Å². The van der Waals surface area contributed by atoms with Crippen LogP contribution in [-0.2, 0) is 22.5 Å². The molecule has 2 aliphatic rings. The Labute approximate surface area is 217 Å². The van der Waals surface area contributed by atoms with Gasteiger partial charge in [-0.3, -0.25) is 4.90 Å². The van der Waals surface area contributed by atoms with Gasteiger partial charge in [0.1, 0.15) is 12.6 Å². The van der Waals surface area contributed by atoms with Crippen molar-refractivity contribution in [2.75, 3.05) is 19.7 Å². The highest BCUT2D eigenvalue weighted by Gasteiger charge is 2.29. The number of alkyl carbamates (subject to hydrolysis) is 1. The molecule has 2 N–H and O–H groups in total. The molecule has 7 heteroatoms. The molecule has 0 radical (unpaired) electrons. The smallest absolute Gasteiger partial charge is 0.407 e. The maximum atomic E-state index is 12.5. The average Bonchev–Trinajstić information content (AvgIpc) is 3.20. The van der Waals surface area contributed by atoms with Gasteiger partial charge in [0.25, 0.3) is 0 Å². The zero-order valence-corrected chi connectivity index (χ0v) is 20.9. The summed E-state index contributed by atoms with van der Waals surface area (Å²) >= 11 is 0. The first-order valence-electron chi connectivity index (χ1n) is 12.2. The number of carboxylic acid groups (broad SMARTS) is 1. The Balaban J connectivity index is 0.00000304. The molecule has 0 bridgehead atoms. The number of carboxylic acids is 1. The van der Waals surface area contributed by atoms with Gasteiger partial charge < -0.3 is 15.2 Å². The van der Waals surface area contributed by atoms with E-state index in [1.807, 2.05) is 24.3 Å². The summed E-state index contributed by atoms with van der Waals surface area (Å²) in [6, 6.07) is 23.7. The van der Waals surface area contributed by atoms with Crippen molar-refractivity contribution in [2.24, 2.45) is 0 Å². The van der Waals surface area contributed by atoms with Gasteiger partial charge in [-0.2, -0.15) is 0 Å². The molecular formula is C29H31ClN2O4. The summed E-state index contributed by atoms with van der Waals surface area (Å²) in [7, 11) is 0. The van der Waals surface area contributed by atoms with Crippen LogP contribution in [0.5, 0.6) is 0 Å². The lowest BCUT2D eigenvalue weighted by Gasteiger charge is -2.29. The largest absolute Gasteiger partial charge is 0.480 e. The van der Waals surface area contributed by atoms with E-state index >= 15 is 0 Å². The first kappa shape index (κ1) is 25.7. The molecule has 0 spiro atoms. The second kappa shape index (κ2) is 11.6. The summed E-state index contributed by atoms with van der Waals surface area (Å²) < 4.78 is 5.53. The number of rotatable bonds is 8. The molecule has 3 aromatic carbocycles. The molecule has 1 aliphatic carbocycles. The molecule has 0 fully saturated rings.